The molecule has 1 heterocycles. The van der Waals surface area contributed by atoms with Gasteiger partial charge in [0.1, 0.15) is 5.75 Å². The van der Waals surface area contributed by atoms with Gasteiger partial charge in [-0.25, -0.2) is 0 Å². The summed E-state index contributed by atoms with van der Waals surface area (Å²) in [6.07, 6.45) is 0.103. The molecule has 0 saturated carbocycles. The zero-order valence-corrected chi connectivity index (χ0v) is 15.9. The molecular weight excluding hydrogens is 334 g/mol. The van der Waals surface area contributed by atoms with Crippen molar-refractivity contribution in [3.63, 3.8) is 0 Å². The lowest BCUT2D eigenvalue weighted by atomic mass is 10.3. The number of carbonyl (C=O) groups is 2. The molecule has 0 radical (unpaired) electrons. The standard InChI is InChI=1S/C19H29N3O4/c1-15(2)26-18-6-4-17(5-7-18)20-19(24)14-22(16(3)23)9-8-21-10-12-25-13-11-21/h4-7,15H,8-14H2,1-3H3,(H,20,24). The van der Waals surface area contributed by atoms with E-state index in [1.54, 1.807) is 17.0 Å². The van der Waals surface area contributed by atoms with Gasteiger partial charge in [0.05, 0.1) is 25.9 Å². The van der Waals surface area contributed by atoms with E-state index in [1.165, 1.54) is 6.92 Å². The first-order valence-electron chi connectivity index (χ1n) is 9.06. The number of anilines is 1. The fourth-order valence-corrected chi connectivity index (χ4v) is 2.70. The molecule has 1 saturated heterocycles. The van der Waals surface area contributed by atoms with Crippen LogP contribution in [-0.2, 0) is 14.3 Å². The van der Waals surface area contributed by atoms with Crippen molar-refractivity contribution in [1.29, 1.82) is 0 Å². The third-order valence-corrected chi connectivity index (χ3v) is 4.08. The predicted octanol–water partition coefficient (Wildman–Crippen LogP) is 1.59. The molecule has 7 nitrogen and oxygen atoms in total. The monoisotopic (exact) mass is 363 g/mol. The fourth-order valence-electron chi connectivity index (χ4n) is 2.70. The van der Waals surface area contributed by atoms with E-state index in [4.69, 9.17) is 9.47 Å². The maximum absolute atomic E-state index is 12.3. The van der Waals surface area contributed by atoms with Crippen molar-refractivity contribution in [1.82, 2.24) is 9.80 Å². The summed E-state index contributed by atoms with van der Waals surface area (Å²) in [4.78, 5) is 27.9. The lowest BCUT2D eigenvalue weighted by Gasteiger charge is -2.29. The molecule has 2 amide bonds. The fraction of sp³-hybridized carbons (Fsp3) is 0.579. The van der Waals surface area contributed by atoms with E-state index in [0.29, 0.717) is 12.2 Å². The van der Waals surface area contributed by atoms with E-state index < -0.39 is 0 Å². The number of hydrogen-bond donors (Lipinski definition) is 1. The van der Waals surface area contributed by atoms with Crippen LogP contribution in [0.1, 0.15) is 20.8 Å². The quantitative estimate of drug-likeness (QED) is 0.760. The molecule has 1 aromatic carbocycles. The second-order valence-electron chi connectivity index (χ2n) is 6.63. The van der Waals surface area contributed by atoms with Crippen LogP contribution in [0.25, 0.3) is 0 Å². The van der Waals surface area contributed by atoms with E-state index in [9.17, 15) is 9.59 Å². The van der Waals surface area contributed by atoms with E-state index in [2.05, 4.69) is 10.2 Å². The third kappa shape index (κ3) is 7.01. The van der Waals surface area contributed by atoms with Gasteiger partial charge in [0.2, 0.25) is 11.8 Å². The summed E-state index contributed by atoms with van der Waals surface area (Å²) in [6.45, 7) is 9.90. The zero-order chi connectivity index (χ0) is 18.9. The van der Waals surface area contributed by atoms with Crippen LogP contribution >= 0.6 is 0 Å². The van der Waals surface area contributed by atoms with Gasteiger partial charge in [-0.1, -0.05) is 0 Å². The van der Waals surface area contributed by atoms with Crippen molar-refractivity contribution < 1.29 is 19.1 Å². The SMILES string of the molecule is CC(=O)N(CCN1CCOCC1)CC(=O)Nc1ccc(OC(C)C)cc1. The second-order valence-corrected chi connectivity index (χ2v) is 6.63. The largest absolute Gasteiger partial charge is 0.491 e. The lowest BCUT2D eigenvalue weighted by molar-refractivity contribution is -0.133. The molecule has 7 heteroatoms. The van der Waals surface area contributed by atoms with Gasteiger partial charge in [-0.3, -0.25) is 14.5 Å². The van der Waals surface area contributed by atoms with E-state index in [1.807, 2.05) is 26.0 Å². The van der Waals surface area contributed by atoms with Crippen LogP contribution in [-0.4, -0.2) is 73.7 Å². The number of nitrogens with zero attached hydrogens (tertiary/aromatic N) is 2. The van der Waals surface area contributed by atoms with Gasteiger partial charge >= 0.3 is 0 Å². The normalized spacial score (nSPS) is 14.9. The van der Waals surface area contributed by atoms with Crippen molar-refractivity contribution in [2.75, 3.05) is 51.3 Å². The molecule has 144 valence electrons. The molecule has 0 atom stereocenters. The number of hydrogen-bond acceptors (Lipinski definition) is 5. The first kappa shape index (κ1) is 20.2. The van der Waals surface area contributed by atoms with Gasteiger partial charge in [-0.05, 0) is 38.1 Å². The summed E-state index contributed by atoms with van der Waals surface area (Å²) in [6, 6.07) is 7.22. The highest BCUT2D eigenvalue weighted by Gasteiger charge is 2.17. The number of carbonyl (C=O) groups excluding carboxylic acids is 2. The van der Waals surface area contributed by atoms with Gasteiger partial charge in [0.25, 0.3) is 0 Å². The van der Waals surface area contributed by atoms with Crippen LogP contribution in [0.15, 0.2) is 24.3 Å². The van der Waals surface area contributed by atoms with Gasteiger partial charge < -0.3 is 19.7 Å². The summed E-state index contributed by atoms with van der Waals surface area (Å²) >= 11 is 0. The number of morpholine rings is 1. The molecule has 26 heavy (non-hydrogen) atoms. The molecule has 1 aliphatic heterocycles. The summed E-state index contributed by atoms with van der Waals surface area (Å²) in [5, 5.41) is 2.82. The molecule has 2 rings (SSSR count). The van der Waals surface area contributed by atoms with Gasteiger partial charge in [-0.2, -0.15) is 0 Å². The average molecular weight is 363 g/mol. The van der Waals surface area contributed by atoms with E-state index in [-0.39, 0.29) is 24.5 Å². The number of rotatable bonds is 8. The van der Waals surface area contributed by atoms with Crippen LogP contribution in [0.5, 0.6) is 5.75 Å². The molecule has 1 aromatic rings. The van der Waals surface area contributed by atoms with Crippen LogP contribution in [0.4, 0.5) is 5.69 Å². The minimum atomic E-state index is -0.209. The summed E-state index contributed by atoms with van der Waals surface area (Å²) in [5.41, 5.74) is 0.683. The Bertz CT molecular complexity index is 583. The molecule has 0 aromatic heterocycles. The van der Waals surface area contributed by atoms with E-state index in [0.717, 1.165) is 38.6 Å². The molecule has 1 N–H and O–H groups in total. The van der Waals surface area contributed by atoms with Crippen molar-refractivity contribution in [3.05, 3.63) is 24.3 Å². The maximum Gasteiger partial charge on any atom is 0.243 e. The first-order valence-corrected chi connectivity index (χ1v) is 9.06. The highest BCUT2D eigenvalue weighted by atomic mass is 16.5. The number of benzene rings is 1. The Morgan fingerprint density at radius 2 is 1.88 bits per heavy atom. The van der Waals surface area contributed by atoms with Gasteiger partial charge in [-0.15, -0.1) is 0 Å². The summed E-state index contributed by atoms with van der Waals surface area (Å²) < 4.78 is 10.9. The van der Waals surface area contributed by atoms with Crippen LogP contribution < -0.4 is 10.1 Å². The second kappa shape index (κ2) is 10.1. The minimum Gasteiger partial charge on any atom is -0.491 e. The topological polar surface area (TPSA) is 71.1 Å². The van der Waals surface area contributed by atoms with Crippen LogP contribution in [0, 0.1) is 0 Å². The van der Waals surface area contributed by atoms with Crippen molar-refractivity contribution in [3.8, 4) is 5.75 Å². The van der Waals surface area contributed by atoms with Crippen molar-refractivity contribution in [2.45, 2.75) is 26.9 Å². The number of nitrogens with one attached hydrogen (secondary N) is 1. The molecule has 1 fully saturated rings. The molecule has 0 spiro atoms. The molecule has 0 unspecified atom stereocenters. The smallest absolute Gasteiger partial charge is 0.243 e. The Labute approximate surface area is 155 Å². The van der Waals surface area contributed by atoms with Crippen molar-refractivity contribution in [2.24, 2.45) is 0 Å². The minimum absolute atomic E-state index is 0.0456. The summed E-state index contributed by atoms with van der Waals surface area (Å²) in [5.74, 6) is 0.447. The Hall–Kier alpha value is -2.12. The summed E-state index contributed by atoms with van der Waals surface area (Å²) in [7, 11) is 0. The highest BCUT2D eigenvalue weighted by molar-refractivity contribution is 5.94. The number of amides is 2. The molecule has 0 bridgehead atoms. The Balaban J connectivity index is 1.81. The molecule has 1 aliphatic rings. The van der Waals surface area contributed by atoms with Crippen LogP contribution in [0.3, 0.4) is 0 Å². The Kier molecular flexibility index (Phi) is 7.87. The molecular formula is C19H29N3O4. The van der Waals surface area contributed by atoms with Gasteiger partial charge in [0.15, 0.2) is 0 Å². The predicted molar refractivity (Wildman–Crippen MR) is 100 cm³/mol. The number of ether oxygens (including phenoxy) is 2. The average Bonchev–Trinajstić information content (AvgIpc) is 2.60. The van der Waals surface area contributed by atoms with Crippen molar-refractivity contribution >= 4 is 17.5 Å². The Morgan fingerprint density at radius 1 is 1.23 bits per heavy atom. The van der Waals surface area contributed by atoms with Gasteiger partial charge in [0, 0.05) is 38.8 Å². The third-order valence-electron chi connectivity index (χ3n) is 4.08. The highest BCUT2D eigenvalue weighted by Crippen LogP contribution is 2.16. The lowest BCUT2D eigenvalue weighted by Crippen LogP contribution is -2.44. The Morgan fingerprint density at radius 3 is 2.46 bits per heavy atom. The van der Waals surface area contributed by atoms with E-state index >= 15 is 0 Å². The first-order chi connectivity index (χ1) is 12.4. The molecule has 0 aliphatic carbocycles. The van der Waals surface area contributed by atoms with Crippen LogP contribution in [0.2, 0.25) is 0 Å². The maximum atomic E-state index is 12.3. The zero-order valence-electron chi connectivity index (χ0n) is 15.9.